The summed E-state index contributed by atoms with van der Waals surface area (Å²) in [6.07, 6.45) is 1.75. The first-order valence-corrected chi connectivity index (χ1v) is 7.96. The molecule has 0 radical (unpaired) electrons. The molecule has 0 aliphatic heterocycles. The number of hydrogen-bond donors (Lipinski definition) is 1. The molecule has 21 heavy (non-hydrogen) atoms. The SMILES string of the molecule is COCCn1ncc(Br)c1C(N)c1cc(OC)ccc1Br. The van der Waals surface area contributed by atoms with Gasteiger partial charge in [-0.25, -0.2) is 0 Å². The average molecular weight is 419 g/mol. The van der Waals surface area contributed by atoms with Crippen molar-refractivity contribution in [2.24, 2.45) is 5.73 Å². The van der Waals surface area contributed by atoms with Crippen molar-refractivity contribution in [3.8, 4) is 5.75 Å². The number of hydrogen-bond acceptors (Lipinski definition) is 4. The molecule has 2 N–H and O–H groups in total. The van der Waals surface area contributed by atoms with Gasteiger partial charge in [-0.3, -0.25) is 4.68 Å². The van der Waals surface area contributed by atoms with Crippen molar-refractivity contribution in [3.05, 3.63) is 44.6 Å². The Hall–Kier alpha value is -0.890. The predicted molar refractivity (Wildman–Crippen MR) is 88.5 cm³/mol. The zero-order chi connectivity index (χ0) is 15.4. The molecule has 0 saturated heterocycles. The zero-order valence-electron chi connectivity index (χ0n) is 11.8. The normalized spacial score (nSPS) is 12.4. The number of nitrogens with two attached hydrogens (primary N) is 1. The van der Waals surface area contributed by atoms with E-state index in [4.69, 9.17) is 15.2 Å². The van der Waals surface area contributed by atoms with Gasteiger partial charge in [0.25, 0.3) is 0 Å². The molecule has 0 amide bonds. The van der Waals surface area contributed by atoms with Crippen LogP contribution in [0.25, 0.3) is 0 Å². The number of rotatable bonds is 6. The highest BCUT2D eigenvalue weighted by Crippen LogP contribution is 2.33. The van der Waals surface area contributed by atoms with Gasteiger partial charge in [0.1, 0.15) is 5.75 Å². The third-order valence-electron chi connectivity index (χ3n) is 3.17. The summed E-state index contributed by atoms with van der Waals surface area (Å²) in [5.41, 5.74) is 8.28. The van der Waals surface area contributed by atoms with Crippen LogP contribution in [0.5, 0.6) is 5.75 Å². The summed E-state index contributed by atoms with van der Waals surface area (Å²) < 4.78 is 14.0. The molecule has 2 rings (SSSR count). The van der Waals surface area contributed by atoms with Gasteiger partial charge in [-0.15, -0.1) is 0 Å². The Labute approximate surface area is 140 Å². The minimum atomic E-state index is -0.330. The number of ether oxygens (including phenoxy) is 2. The number of halogens is 2. The van der Waals surface area contributed by atoms with Crippen LogP contribution in [-0.2, 0) is 11.3 Å². The van der Waals surface area contributed by atoms with Gasteiger partial charge in [-0.05, 0) is 39.7 Å². The molecule has 0 fully saturated rings. The van der Waals surface area contributed by atoms with Crippen LogP contribution in [-0.4, -0.2) is 30.6 Å². The second-order valence-corrected chi connectivity index (χ2v) is 6.17. The van der Waals surface area contributed by atoms with E-state index in [0.717, 1.165) is 26.0 Å². The van der Waals surface area contributed by atoms with E-state index >= 15 is 0 Å². The van der Waals surface area contributed by atoms with Crippen LogP contribution in [0.2, 0.25) is 0 Å². The fourth-order valence-electron chi connectivity index (χ4n) is 2.07. The largest absolute Gasteiger partial charge is 0.497 e. The third kappa shape index (κ3) is 3.66. The molecular weight excluding hydrogens is 402 g/mol. The summed E-state index contributed by atoms with van der Waals surface area (Å²) in [4.78, 5) is 0. The highest BCUT2D eigenvalue weighted by molar-refractivity contribution is 9.10. The molecule has 7 heteroatoms. The zero-order valence-corrected chi connectivity index (χ0v) is 15.0. The van der Waals surface area contributed by atoms with E-state index in [1.807, 2.05) is 22.9 Å². The fourth-order valence-corrected chi connectivity index (χ4v) is 3.11. The van der Waals surface area contributed by atoms with Crippen LogP contribution >= 0.6 is 31.9 Å². The van der Waals surface area contributed by atoms with Gasteiger partial charge in [0.15, 0.2) is 0 Å². The van der Waals surface area contributed by atoms with Gasteiger partial charge in [-0.2, -0.15) is 5.10 Å². The van der Waals surface area contributed by atoms with Crippen LogP contribution in [0.15, 0.2) is 33.3 Å². The predicted octanol–water partition coefficient (Wildman–Crippen LogP) is 3.11. The van der Waals surface area contributed by atoms with E-state index in [2.05, 4.69) is 37.0 Å². The van der Waals surface area contributed by atoms with E-state index in [1.165, 1.54) is 0 Å². The Morgan fingerprint density at radius 3 is 2.71 bits per heavy atom. The second kappa shape index (κ2) is 7.40. The van der Waals surface area contributed by atoms with Crippen molar-refractivity contribution in [2.45, 2.75) is 12.6 Å². The lowest BCUT2D eigenvalue weighted by atomic mass is 10.0. The minimum Gasteiger partial charge on any atom is -0.497 e. The standard InChI is InChI=1S/C14H17Br2N3O2/c1-20-6-5-19-14(12(16)8-18-19)13(17)10-7-9(21-2)3-4-11(10)15/h3-4,7-8,13H,5-6,17H2,1-2H3. The summed E-state index contributed by atoms with van der Waals surface area (Å²) in [6.45, 7) is 1.22. The Morgan fingerprint density at radius 2 is 2.05 bits per heavy atom. The Morgan fingerprint density at radius 1 is 1.29 bits per heavy atom. The first kappa shape index (κ1) is 16.5. The molecule has 114 valence electrons. The van der Waals surface area contributed by atoms with Crippen molar-refractivity contribution in [2.75, 3.05) is 20.8 Å². The highest BCUT2D eigenvalue weighted by Gasteiger charge is 2.20. The van der Waals surface area contributed by atoms with E-state index in [1.54, 1.807) is 20.4 Å². The van der Waals surface area contributed by atoms with Gasteiger partial charge in [0.05, 0.1) is 42.7 Å². The van der Waals surface area contributed by atoms with Gasteiger partial charge < -0.3 is 15.2 Å². The summed E-state index contributed by atoms with van der Waals surface area (Å²) in [5.74, 6) is 0.766. The van der Waals surface area contributed by atoms with Crippen molar-refractivity contribution in [1.82, 2.24) is 9.78 Å². The van der Waals surface area contributed by atoms with E-state index in [9.17, 15) is 0 Å². The van der Waals surface area contributed by atoms with Crippen molar-refractivity contribution < 1.29 is 9.47 Å². The molecule has 1 atom stereocenters. The smallest absolute Gasteiger partial charge is 0.119 e. The molecule has 0 aliphatic carbocycles. The lowest BCUT2D eigenvalue weighted by molar-refractivity contribution is 0.182. The summed E-state index contributed by atoms with van der Waals surface area (Å²) >= 11 is 7.06. The van der Waals surface area contributed by atoms with Crippen molar-refractivity contribution >= 4 is 31.9 Å². The topological polar surface area (TPSA) is 62.3 Å². The maximum atomic E-state index is 6.44. The maximum absolute atomic E-state index is 6.44. The summed E-state index contributed by atoms with van der Waals surface area (Å²) in [6, 6.07) is 5.41. The quantitative estimate of drug-likeness (QED) is 0.782. The van der Waals surface area contributed by atoms with Crippen LogP contribution in [0.3, 0.4) is 0 Å². The fraction of sp³-hybridized carbons (Fsp3) is 0.357. The van der Waals surface area contributed by atoms with Crippen molar-refractivity contribution in [3.63, 3.8) is 0 Å². The van der Waals surface area contributed by atoms with Gasteiger partial charge in [-0.1, -0.05) is 15.9 Å². The van der Waals surface area contributed by atoms with E-state index < -0.39 is 0 Å². The first-order valence-electron chi connectivity index (χ1n) is 6.37. The second-order valence-electron chi connectivity index (χ2n) is 4.46. The van der Waals surface area contributed by atoms with Crippen LogP contribution in [0.4, 0.5) is 0 Å². The highest BCUT2D eigenvalue weighted by atomic mass is 79.9. The van der Waals surface area contributed by atoms with Gasteiger partial charge >= 0.3 is 0 Å². The molecule has 5 nitrogen and oxygen atoms in total. The lowest BCUT2D eigenvalue weighted by Gasteiger charge is -2.17. The molecule has 1 heterocycles. The molecular formula is C14H17Br2N3O2. The van der Waals surface area contributed by atoms with E-state index in [0.29, 0.717) is 13.2 Å². The van der Waals surface area contributed by atoms with Crippen molar-refractivity contribution in [1.29, 1.82) is 0 Å². The Kier molecular flexibility index (Phi) is 5.80. The maximum Gasteiger partial charge on any atom is 0.119 e. The Bertz CT molecular complexity index is 616. The molecule has 0 aliphatic rings. The molecule has 2 aromatic rings. The number of methoxy groups -OCH3 is 2. The minimum absolute atomic E-state index is 0.330. The van der Waals surface area contributed by atoms with Crippen LogP contribution in [0.1, 0.15) is 17.3 Å². The Balaban J connectivity index is 2.39. The van der Waals surface area contributed by atoms with Crippen LogP contribution in [0, 0.1) is 0 Å². The number of nitrogens with zero attached hydrogens (tertiary/aromatic N) is 2. The molecule has 1 aromatic heterocycles. The molecule has 1 unspecified atom stereocenters. The summed E-state index contributed by atoms with van der Waals surface area (Å²) in [5, 5.41) is 4.34. The molecule has 0 spiro atoms. The molecule has 1 aromatic carbocycles. The summed E-state index contributed by atoms with van der Waals surface area (Å²) in [7, 11) is 3.30. The van der Waals surface area contributed by atoms with Crippen LogP contribution < -0.4 is 10.5 Å². The number of aromatic nitrogens is 2. The lowest BCUT2D eigenvalue weighted by Crippen LogP contribution is -2.20. The first-order chi connectivity index (χ1) is 10.1. The molecule has 0 saturated carbocycles. The number of benzene rings is 1. The van der Waals surface area contributed by atoms with E-state index in [-0.39, 0.29) is 6.04 Å². The van der Waals surface area contributed by atoms with Gasteiger partial charge in [0, 0.05) is 11.6 Å². The molecule has 0 bridgehead atoms. The van der Waals surface area contributed by atoms with Gasteiger partial charge in [0.2, 0.25) is 0 Å². The average Bonchev–Trinajstić information content (AvgIpc) is 2.86. The third-order valence-corrected chi connectivity index (χ3v) is 4.51. The monoisotopic (exact) mass is 417 g/mol.